The van der Waals surface area contributed by atoms with Crippen LogP contribution in [0.4, 0.5) is 0 Å². The first-order valence-corrected chi connectivity index (χ1v) is 5.43. The lowest BCUT2D eigenvalue weighted by Gasteiger charge is -2.23. The molecule has 0 aromatic heterocycles. The van der Waals surface area contributed by atoms with Crippen LogP contribution in [-0.4, -0.2) is 39.0 Å². The van der Waals surface area contributed by atoms with Crippen LogP contribution in [0.2, 0.25) is 0 Å². The summed E-state index contributed by atoms with van der Waals surface area (Å²) in [5.41, 5.74) is 0. The monoisotopic (exact) mass is 199 g/mol. The second kappa shape index (κ2) is 7.97. The average molecular weight is 199 g/mol. The average Bonchev–Trinajstić information content (AvgIpc) is 2.25. The van der Waals surface area contributed by atoms with Crippen LogP contribution in [0.5, 0.6) is 0 Å². The van der Waals surface area contributed by atoms with Gasteiger partial charge in [-0.3, -0.25) is 0 Å². The lowest BCUT2D eigenvalue weighted by molar-refractivity contribution is 0.0651. The fourth-order valence-corrected chi connectivity index (χ4v) is 1.51. The fraction of sp³-hybridized carbons (Fsp3) is 0.818. The standard InChI is InChI=1S/C11H21NO2/c1-2-3-7-13-9-6-12-11-5-4-8-14-10-11/h2,11-12H,1,3-10H2. The first kappa shape index (κ1) is 11.7. The Labute approximate surface area is 86.5 Å². The Morgan fingerprint density at radius 2 is 2.43 bits per heavy atom. The van der Waals surface area contributed by atoms with Gasteiger partial charge in [0.1, 0.15) is 0 Å². The van der Waals surface area contributed by atoms with Gasteiger partial charge in [-0.2, -0.15) is 0 Å². The van der Waals surface area contributed by atoms with E-state index in [1.165, 1.54) is 12.8 Å². The SMILES string of the molecule is C=CCCOCCNC1CCCOC1. The molecule has 1 aliphatic rings. The largest absolute Gasteiger partial charge is 0.380 e. The summed E-state index contributed by atoms with van der Waals surface area (Å²) in [5.74, 6) is 0. The minimum atomic E-state index is 0.534. The van der Waals surface area contributed by atoms with Crippen molar-refractivity contribution in [1.82, 2.24) is 5.32 Å². The predicted molar refractivity (Wildman–Crippen MR) is 57.5 cm³/mol. The molecular formula is C11H21NO2. The van der Waals surface area contributed by atoms with E-state index in [0.717, 1.165) is 39.4 Å². The molecule has 0 aromatic rings. The molecular weight excluding hydrogens is 178 g/mol. The van der Waals surface area contributed by atoms with E-state index in [1.807, 2.05) is 6.08 Å². The molecule has 0 saturated carbocycles. The molecule has 1 fully saturated rings. The number of nitrogens with one attached hydrogen (secondary N) is 1. The lowest BCUT2D eigenvalue weighted by atomic mass is 10.1. The van der Waals surface area contributed by atoms with E-state index >= 15 is 0 Å². The third kappa shape index (κ3) is 5.37. The normalized spacial score (nSPS) is 22.1. The number of ether oxygens (including phenoxy) is 2. The predicted octanol–water partition coefficient (Wildman–Crippen LogP) is 1.35. The Bertz CT molecular complexity index is 144. The van der Waals surface area contributed by atoms with Gasteiger partial charge < -0.3 is 14.8 Å². The summed E-state index contributed by atoms with van der Waals surface area (Å²) < 4.78 is 10.8. The van der Waals surface area contributed by atoms with E-state index in [4.69, 9.17) is 9.47 Å². The molecule has 0 bridgehead atoms. The molecule has 0 aromatic carbocycles. The summed E-state index contributed by atoms with van der Waals surface area (Å²) in [4.78, 5) is 0. The first-order valence-electron chi connectivity index (χ1n) is 5.43. The van der Waals surface area contributed by atoms with Crippen molar-refractivity contribution in [2.75, 3.05) is 33.0 Å². The molecule has 1 aliphatic heterocycles. The van der Waals surface area contributed by atoms with E-state index in [2.05, 4.69) is 11.9 Å². The van der Waals surface area contributed by atoms with E-state index in [0.29, 0.717) is 6.04 Å². The van der Waals surface area contributed by atoms with E-state index < -0.39 is 0 Å². The second-order valence-corrected chi connectivity index (χ2v) is 3.56. The van der Waals surface area contributed by atoms with Crippen LogP contribution in [0, 0.1) is 0 Å². The highest BCUT2D eigenvalue weighted by Gasteiger charge is 2.11. The number of rotatable bonds is 7. The molecule has 1 unspecified atom stereocenters. The Hall–Kier alpha value is -0.380. The molecule has 0 spiro atoms. The summed E-state index contributed by atoms with van der Waals surface area (Å²) >= 11 is 0. The topological polar surface area (TPSA) is 30.5 Å². The molecule has 14 heavy (non-hydrogen) atoms. The van der Waals surface area contributed by atoms with Crippen molar-refractivity contribution < 1.29 is 9.47 Å². The molecule has 3 nitrogen and oxygen atoms in total. The minimum absolute atomic E-state index is 0.534. The fourth-order valence-electron chi connectivity index (χ4n) is 1.51. The van der Waals surface area contributed by atoms with Crippen molar-refractivity contribution >= 4 is 0 Å². The van der Waals surface area contributed by atoms with Gasteiger partial charge in [-0.1, -0.05) is 6.08 Å². The molecule has 0 aliphatic carbocycles. The van der Waals surface area contributed by atoms with E-state index in [-0.39, 0.29) is 0 Å². The molecule has 82 valence electrons. The van der Waals surface area contributed by atoms with Crippen LogP contribution in [0.3, 0.4) is 0 Å². The zero-order chi connectivity index (χ0) is 10.1. The van der Waals surface area contributed by atoms with Gasteiger partial charge in [0.15, 0.2) is 0 Å². The van der Waals surface area contributed by atoms with Crippen molar-refractivity contribution in [2.24, 2.45) is 0 Å². The quantitative estimate of drug-likeness (QED) is 0.496. The van der Waals surface area contributed by atoms with Gasteiger partial charge in [-0.15, -0.1) is 6.58 Å². The summed E-state index contributed by atoms with van der Waals surface area (Å²) in [6, 6.07) is 0.534. The van der Waals surface area contributed by atoms with Gasteiger partial charge in [0.25, 0.3) is 0 Å². The van der Waals surface area contributed by atoms with Crippen molar-refractivity contribution in [1.29, 1.82) is 0 Å². The Kier molecular flexibility index (Phi) is 6.66. The minimum Gasteiger partial charge on any atom is -0.380 e. The summed E-state index contributed by atoms with van der Waals surface area (Å²) in [6.45, 7) is 7.91. The molecule has 0 radical (unpaired) electrons. The van der Waals surface area contributed by atoms with Crippen LogP contribution >= 0.6 is 0 Å². The zero-order valence-corrected chi connectivity index (χ0v) is 8.84. The van der Waals surface area contributed by atoms with Crippen LogP contribution < -0.4 is 5.32 Å². The van der Waals surface area contributed by atoms with E-state index in [9.17, 15) is 0 Å². The van der Waals surface area contributed by atoms with Gasteiger partial charge in [-0.25, -0.2) is 0 Å². The summed E-state index contributed by atoms with van der Waals surface area (Å²) in [6.07, 6.45) is 5.22. The third-order valence-corrected chi connectivity index (χ3v) is 2.31. The molecule has 1 saturated heterocycles. The zero-order valence-electron chi connectivity index (χ0n) is 8.84. The molecule has 1 rings (SSSR count). The van der Waals surface area contributed by atoms with Crippen molar-refractivity contribution in [3.8, 4) is 0 Å². The third-order valence-electron chi connectivity index (χ3n) is 2.31. The Morgan fingerprint density at radius 1 is 1.50 bits per heavy atom. The van der Waals surface area contributed by atoms with Gasteiger partial charge in [0, 0.05) is 19.2 Å². The van der Waals surface area contributed by atoms with Crippen molar-refractivity contribution in [3.05, 3.63) is 12.7 Å². The molecule has 0 amide bonds. The smallest absolute Gasteiger partial charge is 0.0619 e. The highest BCUT2D eigenvalue weighted by molar-refractivity contribution is 4.69. The maximum absolute atomic E-state index is 5.39. The summed E-state index contributed by atoms with van der Waals surface area (Å²) in [5, 5.41) is 3.42. The lowest BCUT2D eigenvalue weighted by Crippen LogP contribution is -2.38. The number of hydrogen-bond donors (Lipinski definition) is 1. The molecule has 1 atom stereocenters. The van der Waals surface area contributed by atoms with Gasteiger partial charge in [-0.05, 0) is 19.3 Å². The summed E-state index contributed by atoms with van der Waals surface area (Å²) in [7, 11) is 0. The number of hydrogen-bond acceptors (Lipinski definition) is 3. The Morgan fingerprint density at radius 3 is 3.14 bits per heavy atom. The van der Waals surface area contributed by atoms with Gasteiger partial charge in [0.05, 0.1) is 19.8 Å². The second-order valence-electron chi connectivity index (χ2n) is 3.56. The van der Waals surface area contributed by atoms with Crippen LogP contribution in [0.15, 0.2) is 12.7 Å². The maximum Gasteiger partial charge on any atom is 0.0619 e. The van der Waals surface area contributed by atoms with Gasteiger partial charge in [0.2, 0.25) is 0 Å². The van der Waals surface area contributed by atoms with Crippen LogP contribution in [0.1, 0.15) is 19.3 Å². The first-order chi connectivity index (χ1) is 6.93. The van der Waals surface area contributed by atoms with Crippen LogP contribution in [0.25, 0.3) is 0 Å². The van der Waals surface area contributed by atoms with E-state index in [1.54, 1.807) is 0 Å². The highest BCUT2D eigenvalue weighted by Crippen LogP contribution is 2.04. The van der Waals surface area contributed by atoms with Gasteiger partial charge >= 0.3 is 0 Å². The Balaban J connectivity index is 1.85. The van der Waals surface area contributed by atoms with Crippen molar-refractivity contribution in [3.63, 3.8) is 0 Å². The van der Waals surface area contributed by atoms with Crippen LogP contribution in [-0.2, 0) is 9.47 Å². The molecule has 3 heteroatoms. The van der Waals surface area contributed by atoms with Crippen molar-refractivity contribution in [2.45, 2.75) is 25.3 Å². The highest BCUT2D eigenvalue weighted by atomic mass is 16.5. The molecule has 1 heterocycles. The maximum atomic E-state index is 5.39. The molecule has 1 N–H and O–H groups in total.